The molecule has 78 valence electrons. The Morgan fingerprint density at radius 1 is 0.667 bits per heavy atom. The predicted molar refractivity (Wildman–Crippen MR) is 73.0 cm³/mol. The van der Waals surface area contributed by atoms with Crippen LogP contribution in [-0.2, 0) is 0 Å². The summed E-state index contributed by atoms with van der Waals surface area (Å²) in [5.41, 5.74) is 1.30. The highest BCUT2D eigenvalue weighted by Gasteiger charge is 1.81. The van der Waals surface area contributed by atoms with Crippen molar-refractivity contribution >= 4 is 31.9 Å². The summed E-state index contributed by atoms with van der Waals surface area (Å²) in [7, 11) is 0. The Morgan fingerprint density at radius 3 is 1.47 bits per heavy atom. The van der Waals surface area contributed by atoms with E-state index >= 15 is 0 Å². The zero-order valence-corrected chi connectivity index (χ0v) is 11.6. The molecule has 0 heterocycles. The van der Waals surface area contributed by atoms with Crippen molar-refractivity contribution in [3.8, 4) is 0 Å². The van der Waals surface area contributed by atoms with Crippen LogP contribution in [0, 0.1) is 6.92 Å². The van der Waals surface area contributed by atoms with Gasteiger partial charge in [-0.2, -0.15) is 0 Å². The number of hydrogen-bond donors (Lipinski definition) is 0. The van der Waals surface area contributed by atoms with Crippen LogP contribution in [0.1, 0.15) is 5.56 Å². The first kappa shape index (κ1) is 12.5. The number of aryl methyl sites for hydroxylation is 1. The normalized spacial score (nSPS) is 9.00. The summed E-state index contributed by atoms with van der Waals surface area (Å²) in [5, 5.41) is 0. The highest BCUT2D eigenvalue weighted by Crippen LogP contribution is 2.08. The molecule has 0 atom stereocenters. The highest BCUT2D eigenvalue weighted by molar-refractivity contribution is 9.10. The zero-order chi connectivity index (χ0) is 11.1. The van der Waals surface area contributed by atoms with Crippen LogP contribution in [0.15, 0.2) is 63.5 Å². The van der Waals surface area contributed by atoms with Gasteiger partial charge in [0.2, 0.25) is 0 Å². The lowest BCUT2D eigenvalue weighted by Gasteiger charge is -1.88. The van der Waals surface area contributed by atoms with Crippen LogP contribution in [0.25, 0.3) is 0 Å². The summed E-state index contributed by atoms with van der Waals surface area (Å²) in [6, 6.07) is 18.2. The lowest BCUT2D eigenvalue weighted by atomic mass is 10.2. The minimum Gasteiger partial charge on any atom is -0.0622 e. The fraction of sp³-hybridized carbons (Fsp3) is 0.0769. The first-order chi connectivity index (χ1) is 7.18. The van der Waals surface area contributed by atoms with Crippen molar-refractivity contribution in [1.29, 1.82) is 0 Å². The molecule has 2 aromatic carbocycles. The average Bonchev–Trinajstić information content (AvgIpc) is 2.25. The van der Waals surface area contributed by atoms with Crippen LogP contribution in [0.5, 0.6) is 0 Å². The van der Waals surface area contributed by atoms with Gasteiger partial charge in [0.05, 0.1) is 0 Å². The molecular formula is C13H12Br2. The molecule has 0 aromatic heterocycles. The van der Waals surface area contributed by atoms with Gasteiger partial charge in [0.15, 0.2) is 0 Å². The van der Waals surface area contributed by atoms with Crippen molar-refractivity contribution in [2.75, 3.05) is 0 Å². The molecule has 0 aliphatic carbocycles. The van der Waals surface area contributed by atoms with Gasteiger partial charge < -0.3 is 0 Å². The summed E-state index contributed by atoms with van der Waals surface area (Å²) in [6.07, 6.45) is 0. The molecule has 0 nitrogen and oxygen atoms in total. The van der Waals surface area contributed by atoms with E-state index in [1.807, 2.05) is 42.5 Å². The molecule has 0 saturated heterocycles. The van der Waals surface area contributed by atoms with Crippen LogP contribution in [0.3, 0.4) is 0 Å². The monoisotopic (exact) mass is 326 g/mol. The fourth-order valence-corrected chi connectivity index (χ4v) is 1.52. The van der Waals surface area contributed by atoms with Crippen LogP contribution in [0.2, 0.25) is 0 Å². The average molecular weight is 328 g/mol. The molecule has 0 N–H and O–H groups in total. The quantitative estimate of drug-likeness (QED) is 0.623. The zero-order valence-electron chi connectivity index (χ0n) is 8.45. The molecule has 0 aliphatic rings. The van der Waals surface area contributed by atoms with E-state index < -0.39 is 0 Å². The maximum Gasteiger partial charge on any atom is 0.0175 e. The van der Waals surface area contributed by atoms with Gasteiger partial charge in [-0.25, -0.2) is 0 Å². The Balaban J connectivity index is 0.000000151. The van der Waals surface area contributed by atoms with Gasteiger partial charge in [-0.15, -0.1) is 0 Å². The number of rotatable bonds is 0. The van der Waals surface area contributed by atoms with Gasteiger partial charge in [-0.05, 0) is 31.2 Å². The Hall–Kier alpha value is -0.600. The summed E-state index contributed by atoms with van der Waals surface area (Å²) in [6.45, 7) is 2.08. The van der Waals surface area contributed by atoms with Crippen molar-refractivity contribution in [3.05, 3.63) is 69.1 Å². The maximum atomic E-state index is 3.35. The van der Waals surface area contributed by atoms with Gasteiger partial charge in [0, 0.05) is 8.95 Å². The molecule has 2 aromatic rings. The second-order valence-electron chi connectivity index (χ2n) is 3.09. The van der Waals surface area contributed by atoms with Gasteiger partial charge in [0.25, 0.3) is 0 Å². The van der Waals surface area contributed by atoms with E-state index in [9.17, 15) is 0 Å². The Bertz CT molecular complexity index is 358. The first-order valence-electron chi connectivity index (χ1n) is 4.61. The topological polar surface area (TPSA) is 0 Å². The molecule has 15 heavy (non-hydrogen) atoms. The van der Waals surface area contributed by atoms with Crippen molar-refractivity contribution in [2.24, 2.45) is 0 Å². The molecule has 0 saturated carbocycles. The van der Waals surface area contributed by atoms with Gasteiger partial charge in [-0.3, -0.25) is 0 Å². The van der Waals surface area contributed by atoms with Crippen LogP contribution in [0.4, 0.5) is 0 Å². The molecule has 0 fully saturated rings. The van der Waals surface area contributed by atoms with E-state index in [2.05, 4.69) is 50.9 Å². The minimum atomic E-state index is 1.13. The third-order valence-electron chi connectivity index (χ3n) is 1.74. The third kappa shape index (κ3) is 5.75. The third-order valence-corrected chi connectivity index (χ3v) is 2.80. The second-order valence-corrected chi connectivity index (χ2v) is 4.92. The van der Waals surface area contributed by atoms with E-state index in [1.165, 1.54) is 5.56 Å². The van der Waals surface area contributed by atoms with E-state index in [-0.39, 0.29) is 0 Å². The Kier molecular flexibility index (Phi) is 5.66. The number of halogens is 2. The second kappa shape index (κ2) is 6.81. The largest absolute Gasteiger partial charge is 0.0622 e. The van der Waals surface area contributed by atoms with Crippen LogP contribution >= 0.6 is 31.9 Å². The van der Waals surface area contributed by atoms with E-state index in [4.69, 9.17) is 0 Å². The molecule has 2 heteroatoms. The Labute approximate surface area is 108 Å². The number of benzene rings is 2. The minimum absolute atomic E-state index is 1.13. The SMILES string of the molecule is Brc1ccccc1.Cc1ccc(Br)cc1. The molecule has 0 spiro atoms. The van der Waals surface area contributed by atoms with Crippen LogP contribution < -0.4 is 0 Å². The van der Waals surface area contributed by atoms with Gasteiger partial charge >= 0.3 is 0 Å². The molecule has 2 rings (SSSR count). The van der Waals surface area contributed by atoms with E-state index in [0.717, 1.165) is 8.95 Å². The van der Waals surface area contributed by atoms with Gasteiger partial charge in [-0.1, -0.05) is 67.8 Å². The van der Waals surface area contributed by atoms with E-state index in [1.54, 1.807) is 0 Å². The van der Waals surface area contributed by atoms with Crippen molar-refractivity contribution in [3.63, 3.8) is 0 Å². The molecule has 0 unspecified atom stereocenters. The first-order valence-corrected chi connectivity index (χ1v) is 6.20. The summed E-state index contributed by atoms with van der Waals surface area (Å²) < 4.78 is 2.28. The molecule has 0 aliphatic heterocycles. The standard InChI is InChI=1S/C7H7Br.C6H5Br/c1-6-2-4-7(8)5-3-6;7-6-4-2-1-3-5-6/h2-5H,1H3;1-5H. The molecular weight excluding hydrogens is 316 g/mol. The van der Waals surface area contributed by atoms with Crippen LogP contribution in [-0.4, -0.2) is 0 Å². The summed E-state index contributed by atoms with van der Waals surface area (Å²) in [4.78, 5) is 0. The van der Waals surface area contributed by atoms with Gasteiger partial charge in [0.1, 0.15) is 0 Å². The Morgan fingerprint density at radius 2 is 1.13 bits per heavy atom. The summed E-state index contributed by atoms with van der Waals surface area (Å²) in [5.74, 6) is 0. The van der Waals surface area contributed by atoms with E-state index in [0.29, 0.717) is 0 Å². The lowest BCUT2D eigenvalue weighted by molar-refractivity contribution is 1.46. The molecule has 0 radical (unpaired) electrons. The van der Waals surface area contributed by atoms with Crippen molar-refractivity contribution in [2.45, 2.75) is 6.92 Å². The lowest BCUT2D eigenvalue weighted by Crippen LogP contribution is -1.66. The highest BCUT2D eigenvalue weighted by atomic mass is 79.9. The van der Waals surface area contributed by atoms with Crippen molar-refractivity contribution < 1.29 is 0 Å². The fourth-order valence-electron chi connectivity index (χ4n) is 0.948. The summed E-state index contributed by atoms with van der Waals surface area (Å²) >= 11 is 6.66. The van der Waals surface area contributed by atoms with Crippen molar-refractivity contribution in [1.82, 2.24) is 0 Å². The number of hydrogen-bond acceptors (Lipinski definition) is 0. The predicted octanol–water partition coefficient (Wildman–Crippen LogP) is 5.21. The maximum absolute atomic E-state index is 3.35. The smallest absolute Gasteiger partial charge is 0.0175 e. The molecule has 0 amide bonds. The molecule has 0 bridgehead atoms.